The molecule has 0 aliphatic heterocycles. The van der Waals surface area contributed by atoms with Crippen molar-refractivity contribution < 1.29 is 9.84 Å². The second-order valence-electron chi connectivity index (χ2n) is 2.88. The molecule has 0 spiro atoms. The van der Waals surface area contributed by atoms with Gasteiger partial charge in [-0.15, -0.1) is 0 Å². The summed E-state index contributed by atoms with van der Waals surface area (Å²) in [5.74, 6) is 0.694. The Labute approximate surface area is 81.2 Å². The Kier molecular flexibility index (Phi) is 2.28. The lowest BCUT2D eigenvalue weighted by Gasteiger charge is -2.04. The molecule has 2 aromatic rings. The van der Waals surface area contributed by atoms with E-state index in [1.807, 2.05) is 0 Å². The molecular formula is C10H10N2O2. The van der Waals surface area contributed by atoms with Crippen LogP contribution in [0.15, 0.2) is 24.5 Å². The average molecular weight is 190 g/mol. The summed E-state index contributed by atoms with van der Waals surface area (Å²) in [4.78, 5) is 8.32. The zero-order valence-electron chi connectivity index (χ0n) is 7.77. The Morgan fingerprint density at radius 3 is 3.00 bits per heavy atom. The van der Waals surface area contributed by atoms with E-state index in [0.29, 0.717) is 11.3 Å². The molecule has 0 atom stereocenters. The van der Waals surface area contributed by atoms with Gasteiger partial charge in [0.2, 0.25) is 0 Å². The Morgan fingerprint density at radius 2 is 2.29 bits per heavy atom. The number of pyridine rings is 2. The minimum absolute atomic E-state index is 0.0260. The van der Waals surface area contributed by atoms with Crippen LogP contribution in [-0.2, 0) is 6.61 Å². The first-order chi connectivity index (χ1) is 6.85. The number of nitrogens with zero attached hydrogens (tertiary/aromatic N) is 2. The van der Waals surface area contributed by atoms with Crippen molar-refractivity contribution in [2.45, 2.75) is 6.61 Å². The van der Waals surface area contributed by atoms with E-state index in [2.05, 4.69) is 9.97 Å². The molecule has 0 saturated carbocycles. The highest BCUT2D eigenvalue weighted by atomic mass is 16.5. The lowest BCUT2D eigenvalue weighted by atomic mass is 10.2. The van der Waals surface area contributed by atoms with Gasteiger partial charge in [0, 0.05) is 18.5 Å². The Morgan fingerprint density at radius 1 is 1.43 bits per heavy atom. The Hall–Kier alpha value is -1.68. The molecule has 4 heteroatoms. The molecule has 2 rings (SSSR count). The van der Waals surface area contributed by atoms with Crippen LogP contribution in [0.2, 0.25) is 0 Å². The van der Waals surface area contributed by atoms with Crippen LogP contribution in [0.3, 0.4) is 0 Å². The van der Waals surface area contributed by atoms with E-state index in [-0.39, 0.29) is 6.61 Å². The number of methoxy groups -OCH3 is 1. The number of fused-ring (bicyclic) bond motifs is 1. The lowest BCUT2D eigenvalue weighted by Crippen LogP contribution is -1.92. The monoisotopic (exact) mass is 190 g/mol. The summed E-state index contributed by atoms with van der Waals surface area (Å²) in [5, 5.41) is 8.92. The van der Waals surface area contributed by atoms with Crippen LogP contribution in [0.4, 0.5) is 0 Å². The van der Waals surface area contributed by atoms with Gasteiger partial charge in [0.05, 0.1) is 19.2 Å². The summed E-state index contributed by atoms with van der Waals surface area (Å²) >= 11 is 0. The number of hydrogen-bond acceptors (Lipinski definition) is 4. The predicted molar refractivity (Wildman–Crippen MR) is 52.0 cm³/mol. The van der Waals surface area contributed by atoms with Crippen molar-refractivity contribution in [1.82, 2.24) is 9.97 Å². The zero-order chi connectivity index (χ0) is 9.97. The molecule has 0 bridgehead atoms. The van der Waals surface area contributed by atoms with Gasteiger partial charge in [-0.2, -0.15) is 0 Å². The van der Waals surface area contributed by atoms with E-state index in [1.54, 1.807) is 31.6 Å². The summed E-state index contributed by atoms with van der Waals surface area (Å²) < 4.78 is 5.14. The standard InChI is InChI=1S/C10H10N2O2/c1-14-9-2-3-11-8-4-7(6-13)5-12-10(8)9/h2-5,13H,6H2,1H3. The topological polar surface area (TPSA) is 55.2 Å². The zero-order valence-corrected chi connectivity index (χ0v) is 7.77. The maximum atomic E-state index is 8.92. The van der Waals surface area contributed by atoms with Crippen molar-refractivity contribution in [3.05, 3.63) is 30.1 Å². The van der Waals surface area contributed by atoms with Crippen molar-refractivity contribution in [3.8, 4) is 5.75 Å². The fourth-order valence-corrected chi connectivity index (χ4v) is 1.30. The van der Waals surface area contributed by atoms with Crippen LogP contribution < -0.4 is 4.74 Å². The molecule has 0 aliphatic rings. The number of aliphatic hydroxyl groups excluding tert-OH is 1. The molecule has 0 amide bonds. The first-order valence-electron chi connectivity index (χ1n) is 4.23. The molecule has 4 nitrogen and oxygen atoms in total. The molecule has 0 aliphatic carbocycles. The van der Waals surface area contributed by atoms with Crippen LogP contribution in [0.1, 0.15) is 5.56 Å². The van der Waals surface area contributed by atoms with E-state index >= 15 is 0 Å². The summed E-state index contributed by atoms with van der Waals surface area (Å²) in [7, 11) is 1.59. The van der Waals surface area contributed by atoms with E-state index in [9.17, 15) is 0 Å². The molecule has 14 heavy (non-hydrogen) atoms. The van der Waals surface area contributed by atoms with E-state index in [4.69, 9.17) is 9.84 Å². The van der Waals surface area contributed by atoms with Gasteiger partial charge in [0.25, 0.3) is 0 Å². The smallest absolute Gasteiger partial charge is 0.148 e. The minimum atomic E-state index is -0.0260. The Bertz CT molecular complexity index is 457. The second kappa shape index (κ2) is 3.59. The molecule has 1 N–H and O–H groups in total. The summed E-state index contributed by atoms with van der Waals surface area (Å²) in [6.07, 6.45) is 3.27. The van der Waals surface area contributed by atoms with Crippen LogP contribution in [0, 0.1) is 0 Å². The molecule has 0 saturated heterocycles. The number of hydrogen-bond donors (Lipinski definition) is 1. The number of ether oxygens (including phenoxy) is 1. The van der Waals surface area contributed by atoms with Crippen molar-refractivity contribution in [3.63, 3.8) is 0 Å². The van der Waals surface area contributed by atoms with Gasteiger partial charge in [-0.25, -0.2) is 0 Å². The highest BCUT2D eigenvalue weighted by Gasteiger charge is 2.03. The third-order valence-electron chi connectivity index (χ3n) is 2.00. The molecule has 0 unspecified atom stereocenters. The third-order valence-corrected chi connectivity index (χ3v) is 2.00. The first kappa shape index (κ1) is 8.90. The first-order valence-corrected chi connectivity index (χ1v) is 4.23. The largest absolute Gasteiger partial charge is 0.494 e. The lowest BCUT2D eigenvalue weighted by molar-refractivity contribution is 0.281. The highest BCUT2D eigenvalue weighted by molar-refractivity contribution is 5.80. The van der Waals surface area contributed by atoms with Crippen molar-refractivity contribution in [2.24, 2.45) is 0 Å². The number of aromatic nitrogens is 2. The van der Waals surface area contributed by atoms with Crippen molar-refractivity contribution in [1.29, 1.82) is 0 Å². The number of aliphatic hydroxyl groups is 1. The van der Waals surface area contributed by atoms with Gasteiger partial charge >= 0.3 is 0 Å². The van der Waals surface area contributed by atoms with Gasteiger partial charge in [-0.05, 0) is 11.6 Å². The van der Waals surface area contributed by atoms with Crippen molar-refractivity contribution >= 4 is 11.0 Å². The highest BCUT2D eigenvalue weighted by Crippen LogP contribution is 2.21. The molecule has 0 radical (unpaired) electrons. The molecule has 2 aromatic heterocycles. The molecule has 72 valence electrons. The number of rotatable bonds is 2. The molecule has 0 aromatic carbocycles. The predicted octanol–water partition coefficient (Wildman–Crippen LogP) is 1.13. The van der Waals surface area contributed by atoms with Crippen LogP contribution in [-0.4, -0.2) is 22.2 Å². The van der Waals surface area contributed by atoms with Gasteiger partial charge < -0.3 is 9.84 Å². The van der Waals surface area contributed by atoms with Crippen LogP contribution in [0.25, 0.3) is 11.0 Å². The SMILES string of the molecule is COc1ccnc2cc(CO)cnc12. The van der Waals surface area contributed by atoms with Gasteiger partial charge in [-0.3, -0.25) is 9.97 Å². The van der Waals surface area contributed by atoms with Gasteiger partial charge in [0.15, 0.2) is 0 Å². The second-order valence-corrected chi connectivity index (χ2v) is 2.88. The maximum Gasteiger partial charge on any atom is 0.148 e. The van der Waals surface area contributed by atoms with Crippen molar-refractivity contribution in [2.75, 3.05) is 7.11 Å². The third kappa shape index (κ3) is 1.40. The van der Waals surface area contributed by atoms with Crippen LogP contribution >= 0.6 is 0 Å². The molecule has 0 fully saturated rings. The fraction of sp³-hybridized carbons (Fsp3) is 0.200. The summed E-state index contributed by atoms with van der Waals surface area (Å²) in [6.45, 7) is -0.0260. The molecule has 2 heterocycles. The summed E-state index contributed by atoms with van der Waals surface area (Å²) in [6, 6.07) is 3.55. The quantitative estimate of drug-likeness (QED) is 0.771. The molecular weight excluding hydrogens is 180 g/mol. The fourth-order valence-electron chi connectivity index (χ4n) is 1.30. The summed E-state index contributed by atoms with van der Waals surface area (Å²) in [5.41, 5.74) is 2.20. The van der Waals surface area contributed by atoms with E-state index in [1.165, 1.54) is 0 Å². The normalized spacial score (nSPS) is 10.4. The minimum Gasteiger partial charge on any atom is -0.494 e. The van der Waals surface area contributed by atoms with E-state index < -0.39 is 0 Å². The van der Waals surface area contributed by atoms with Crippen LogP contribution in [0.5, 0.6) is 5.75 Å². The average Bonchev–Trinajstić information content (AvgIpc) is 2.27. The Balaban J connectivity index is 2.67. The van der Waals surface area contributed by atoms with Gasteiger partial charge in [0.1, 0.15) is 11.3 Å². The van der Waals surface area contributed by atoms with E-state index in [0.717, 1.165) is 11.1 Å². The maximum absolute atomic E-state index is 8.92. The van der Waals surface area contributed by atoms with Gasteiger partial charge in [-0.1, -0.05) is 0 Å².